The Bertz CT molecular complexity index is 269. The average Bonchev–Trinajstić information content (AvgIpc) is 2.70. The van der Waals surface area contributed by atoms with Crippen LogP contribution in [0.1, 0.15) is 38.1 Å². The molecule has 0 fully saturated rings. The average molecular weight is 226 g/mol. The normalized spacial score (nSPS) is 15.9. The first-order valence-electron chi connectivity index (χ1n) is 5.58. The lowest BCUT2D eigenvalue weighted by Gasteiger charge is -2.34. The summed E-state index contributed by atoms with van der Waals surface area (Å²) < 4.78 is 0. The minimum absolute atomic E-state index is 0.219. The van der Waals surface area contributed by atoms with Crippen LogP contribution < -0.4 is 5.73 Å². The monoisotopic (exact) mass is 226 g/mol. The van der Waals surface area contributed by atoms with Crippen molar-refractivity contribution in [1.29, 1.82) is 0 Å². The molecule has 0 radical (unpaired) electrons. The van der Waals surface area contributed by atoms with Crippen LogP contribution in [0.15, 0.2) is 17.5 Å². The van der Waals surface area contributed by atoms with Gasteiger partial charge in [0.15, 0.2) is 0 Å². The van der Waals surface area contributed by atoms with Crippen LogP contribution in [-0.4, -0.2) is 24.0 Å². The van der Waals surface area contributed by atoms with Gasteiger partial charge in [0, 0.05) is 17.0 Å². The van der Waals surface area contributed by atoms with Gasteiger partial charge < -0.3 is 5.73 Å². The molecule has 1 aromatic rings. The predicted molar refractivity (Wildman–Crippen MR) is 68.2 cm³/mol. The van der Waals surface area contributed by atoms with Crippen molar-refractivity contribution in [2.24, 2.45) is 5.73 Å². The van der Waals surface area contributed by atoms with E-state index in [1.54, 1.807) is 11.3 Å². The van der Waals surface area contributed by atoms with Gasteiger partial charge in [-0.05, 0) is 38.8 Å². The number of hydrogen-bond acceptors (Lipinski definition) is 3. The zero-order valence-corrected chi connectivity index (χ0v) is 10.9. The van der Waals surface area contributed by atoms with Crippen molar-refractivity contribution in [2.75, 3.05) is 7.05 Å². The van der Waals surface area contributed by atoms with Gasteiger partial charge in [-0.15, -0.1) is 11.3 Å². The second-order valence-corrected chi connectivity index (χ2v) is 5.27. The lowest BCUT2D eigenvalue weighted by atomic mass is 10.0. The van der Waals surface area contributed by atoms with E-state index in [-0.39, 0.29) is 6.04 Å². The molecule has 0 saturated carbocycles. The topological polar surface area (TPSA) is 29.3 Å². The summed E-state index contributed by atoms with van der Waals surface area (Å²) in [5.41, 5.74) is 6.21. The number of nitrogens with zero attached hydrogens (tertiary/aromatic N) is 1. The van der Waals surface area contributed by atoms with Gasteiger partial charge in [0.25, 0.3) is 0 Å². The highest BCUT2D eigenvalue weighted by atomic mass is 32.1. The third-order valence-corrected chi connectivity index (χ3v) is 3.91. The largest absolute Gasteiger partial charge is 0.326 e. The molecule has 2 nitrogen and oxygen atoms in total. The zero-order valence-electron chi connectivity index (χ0n) is 10.1. The molecule has 1 rings (SSSR count). The third-order valence-electron chi connectivity index (χ3n) is 2.96. The SMILES string of the molecule is CCC(N)C(c1cccs1)N(C)C(C)C. The van der Waals surface area contributed by atoms with Crippen LogP contribution in [0.2, 0.25) is 0 Å². The van der Waals surface area contributed by atoms with E-state index in [0.29, 0.717) is 12.1 Å². The first-order chi connectivity index (χ1) is 7.07. The second-order valence-electron chi connectivity index (χ2n) is 4.29. The van der Waals surface area contributed by atoms with Gasteiger partial charge in [-0.1, -0.05) is 13.0 Å². The Kier molecular flexibility index (Phi) is 4.77. The van der Waals surface area contributed by atoms with Crippen LogP contribution in [-0.2, 0) is 0 Å². The van der Waals surface area contributed by atoms with Crippen molar-refractivity contribution in [3.05, 3.63) is 22.4 Å². The number of likely N-dealkylation sites (N-methyl/N-ethyl adjacent to an activating group) is 1. The summed E-state index contributed by atoms with van der Waals surface area (Å²) in [5.74, 6) is 0. The Labute approximate surface area is 97.1 Å². The molecular weight excluding hydrogens is 204 g/mol. The molecule has 2 atom stereocenters. The maximum atomic E-state index is 6.21. The number of rotatable bonds is 5. The summed E-state index contributed by atoms with van der Waals surface area (Å²) in [6.45, 7) is 6.57. The third kappa shape index (κ3) is 3.03. The van der Waals surface area contributed by atoms with E-state index in [4.69, 9.17) is 5.73 Å². The standard InChI is InChI=1S/C12H22N2S/c1-5-10(13)12(14(4)9(2)3)11-7-6-8-15-11/h6-10,12H,5,13H2,1-4H3. The highest BCUT2D eigenvalue weighted by Gasteiger charge is 2.25. The fourth-order valence-electron chi connectivity index (χ4n) is 1.72. The maximum Gasteiger partial charge on any atom is 0.0593 e. The van der Waals surface area contributed by atoms with Crippen LogP contribution in [0.5, 0.6) is 0 Å². The van der Waals surface area contributed by atoms with Crippen molar-refractivity contribution in [2.45, 2.75) is 45.3 Å². The van der Waals surface area contributed by atoms with Crippen molar-refractivity contribution >= 4 is 11.3 Å². The van der Waals surface area contributed by atoms with Crippen molar-refractivity contribution in [1.82, 2.24) is 4.90 Å². The first-order valence-corrected chi connectivity index (χ1v) is 6.46. The molecule has 2 N–H and O–H groups in total. The van der Waals surface area contributed by atoms with E-state index in [0.717, 1.165) is 6.42 Å². The molecule has 15 heavy (non-hydrogen) atoms. The fraction of sp³-hybridized carbons (Fsp3) is 0.667. The second kappa shape index (κ2) is 5.64. The minimum Gasteiger partial charge on any atom is -0.326 e. The molecule has 86 valence electrons. The van der Waals surface area contributed by atoms with Crippen LogP contribution in [0.4, 0.5) is 0 Å². The van der Waals surface area contributed by atoms with Crippen LogP contribution >= 0.6 is 11.3 Å². The summed E-state index contributed by atoms with van der Waals surface area (Å²) >= 11 is 1.80. The molecule has 0 saturated heterocycles. The van der Waals surface area contributed by atoms with E-state index in [1.165, 1.54) is 4.88 Å². The van der Waals surface area contributed by atoms with Gasteiger partial charge >= 0.3 is 0 Å². The number of hydrogen-bond donors (Lipinski definition) is 1. The molecule has 0 spiro atoms. The van der Waals surface area contributed by atoms with Crippen molar-refractivity contribution < 1.29 is 0 Å². The quantitative estimate of drug-likeness (QED) is 0.836. The van der Waals surface area contributed by atoms with Gasteiger partial charge in [-0.3, -0.25) is 4.90 Å². The molecule has 0 aliphatic rings. The highest BCUT2D eigenvalue weighted by molar-refractivity contribution is 7.10. The van der Waals surface area contributed by atoms with Crippen LogP contribution in [0.25, 0.3) is 0 Å². The molecule has 1 heterocycles. The Morgan fingerprint density at radius 2 is 2.13 bits per heavy atom. The molecule has 0 amide bonds. The van der Waals surface area contributed by atoms with Gasteiger partial charge in [0.05, 0.1) is 6.04 Å². The van der Waals surface area contributed by atoms with Gasteiger partial charge in [-0.2, -0.15) is 0 Å². The van der Waals surface area contributed by atoms with Gasteiger partial charge in [0.2, 0.25) is 0 Å². The molecule has 0 aromatic carbocycles. The fourth-order valence-corrected chi connectivity index (χ4v) is 2.67. The van der Waals surface area contributed by atoms with E-state index in [1.807, 2.05) is 0 Å². The predicted octanol–water partition coefficient (Wildman–Crippen LogP) is 2.87. The maximum absolute atomic E-state index is 6.21. The summed E-state index contributed by atoms with van der Waals surface area (Å²) in [7, 11) is 2.16. The van der Waals surface area contributed by atoms with Crippen molar-refractivity contribution in [3.63, 3.8) is 0 Å². The summed E-state index contributed by atoms with van der Waals surface area (Å²) in [6, 6.07) is 5.38. The molecule has 0 aliphatic carbocycles. The lowest BCUT2D eigenvalue weighted by Crippen LogP contribution is -2.41. The Morgan fingerprint density at radius 1 is 1.47 bits per heavy atom. The zero-order chi connectivity index (χ0) is 11.4. The Morgan fingerprint density at radius 3 is 2.53 bits per heavy atom. The van der Waals surface area contributed by atoms with E-state index in [9.17, 15) is 0 Å². The molecular formula is C12H22N2S. The lowest BCUT2D eigenvalue weighted by molar-refractivity contribution is 0.171. The summed E-state index contributed by atoms with van der Waals surface area (Å²) in [5, 5.41) is 2.12. The van der Waals surface area contributed by atoms with E-state index in [2.05, 4.69) is 50.2 Å². The molecule has 0 aliphatic heterocycles. The Hall–Kier alpha value is -0.380. The summed E-state index contributed by atoms with van der Waals surface area (Å²) in [4.78, 5) is 3.74. The molecule has 2 unspecified atom stereocenters. The number of thiophene rings is 1. The molecule has 1 aromatic heterocycles. The minimum atomic E-state index is 0.219. The van der Waals surface area contributed by atoms with Crippen LogP contribution in [0.3, 0.4) is 0 Å². The van der Waals surface area contributed by atoms with Gasteiger partial charge in [-0.25, -0.2) is 0 Å². The van der Waals surface area contributed by atoms with Crippen LogP contribution in [0, 0.1) is 0 Å². The first kappa shape index (κ1) is 12.7. The Balaban J connectivity index is 2.88. The molecule has 0 bridgehead atoms. The van der Waals surface area contributed by atoms with E-state index < -0.39 is 0 Å². The highest BCUT2D eigenvalue weighted by Crippen LogP contribution is 2.28. The van der Waals surface area contributed by atoms with E-state index >= 15 is 0 Å². The number of nitrogens with two attached hydrogens (primary N) is 1. The van der Waals surface area contributed by atoms with Gasteiger partial charge in [0.1, 0.15) is 0 Å². The smallest absolute Gasteiger partial charge is 0.0593 e. The molecule has 3 heteroatoms. The summed E-state index contributed by atoms with van der Waals surface area (Å²) in [6.07, 6.45) is 1.01. The van der Waals surface area contributed by atoms with Crippen molar-refractivity contribution in [3.8, 4) is 0 Å².